The molecule has 8 nitrogen and oxygen atoms in total. The molecule has 140 valence electrons. The van der Waals surface area contributed by atoms with Crippen molar-refractivity contribution in [2.75, 3.05) is 0 Å². The summed E-state index contributed by atoms with van der Waals surface area (Å²) in [6.45, 7) is 3.50. The van der Waals surface area contributed by atoms with E-state index in [1.54, 1.807) is 32.0 Å². The van der Waals surface area contributed by atoms with E-state index in [-0.39, 0.29) is 25.2 Å². The molecule has 28 heavy (non-hydrogen) atoms. The van der Waals surface area contributed by atoms with Gasteiger partial charge >= 0.3 is 0 Å². The van der Waals surface area contributed by atoms with E-state index in [4.69, 9.17) is 23.2 Å². The molecule has 12 heteroatoms. The summed E-state index contributed by atoms with van der Waals surface area (Å²) < 4.78 is 30.7. The third-order valence-electron chi connectivity index (χ3n) is 3.74. The second-order valence-corrected chi connectivity index (χ2v) is 8.20. The number of hydrogen-bond acceptors (Lipinski definition) is 6. The maximum Gasteiger partial charge on any atom is 0.252 e. The molecular weight excluding hydrogens is 477 g/mol. The second-order valence-electron chi connectivity index (χ2n) is 5.83. The summed E-state index contributed by atoms with van der Waals surface area (Å²) in [6, 6.07) is 6.30. The first kappa shape index (κ1) is 20.9. The van der Waals surface area contributed by atoms with Crippen LogP contribution in [0.1, 0.15) is 11.5 Å². The van der Waals surface area contributed by atoms with Crippen LogP contribution in [0.2, 0.25) is 10.0 Å². The zero-order valence-electron chi connectivity index (χ0n) is 14.8. The first-order valence-corrected chi connectivity index (χ1v) is 9.86. The van der Waals surface area contributed by atoms with Gasteiger partial charge in [0.2, 0.25) is 0 Å². The Balaban J connectivity index is 0.00000225. The Bertz CT molecular complexity index is 1320. The number of nitrogens with zero attached hydrogens (tertiary/aromatic N) is 6. The molecule has 0 radical (unpaired) electrons. The Morgan fingerprint density at radius 1 is 1.04 bits per heavy atom. The van der Waals surface area contributed by atoms with Gasteiger partial charge in [0.25, 0.3) is 5.16 Å². The molecule has 0 saturated heterocycles. The van der Waals surface area contributed by atoms with Crippen molar-refractivity contribution >= 4 is 55.5 Å². The molecule has 0 aliphatic rings. The number of hydrogen-bond donors (Lipinski definition) is 0. The van der Waals surface area contributed by atoms with Crippen molar-refractivity contribution in [1.82, 2.24) is 24.6 Å². The minimum atomic E-state index is -4.20. The van der Waals surface area contributed by atoms with E-state index in [1.807, 2.05) is 0 Å². The topological polar surface area (TPSA) is 104 Å². The molecule has 0 amide bonds. The van der Waals surface area contributed by atoms with Gasteiger partial charge in [0.05, 0.1) is 10.5 Å². The van der Waals surface area contributed by atoms with Gasteiger partial charge in [0.1, 0.15) is 5.82 Å². The molecule has 0 spiro atoms. The van der Waals surface area contributed by atoms with Crippen LogP contribution in [0, 0.1) is 13.8 Å². The largest absolute Gasteiger partial charge is 0.568 e. The molecule has 0 N–H and O–H groups in total. The van der Waals surface area contributed by atoms with Gasteiger partial charge in [-0.25, -0.2) is 13.4 Å². The van der Waals surface area contributed by atoms with Crippen LogP contribution in [0.3, 0.4) is 0 Å². The SMILES string of the molecule is Cc1cc2nc(S(=O)(=O)[N-]c3cc(Cl)cc4cc(Cl)cnc34)nn2c(C)n1.[Zn]. The molecule has 3 heterocycles. The van der Waals surface area contributed by atoms with E-state index in [0.717, 1.165) is 0 Å². The minimum absolute atomic E-state index is 0. The Morgan fingerprint density at radius 2 is 1.75 bits per heavy atom. The summed E-state index contributed by atoms with van der Waals surface area (Å²) in [5.74, 6) is 0.517. The Kier molecular flexibility index (Phi) is 5.60. The number of halogens is 2. The normalized spacial score (nSPS) is 11.6. The fourth-order valence-corrected chi connectivity index (χ4v) is 3.94. The van der Waals surface area contributed by atoms with Crippen molar-refractivity contribution in [2.45, 2.75) is 19.0 Å². The monoisotopic (exact) mass is 485 g/mol. The number of aromatic nitrogens is 5. The molecule has 4 aromatic rings. The van der Waals surface area contributed by atoms with Crippen molar-refractivity contribution < 1.29 is 27.9 Å². The van der Waals surface area contributed by atoms with Gasteiger partial charge in [-0.3, -0.25) is 4.98 Å². The van der Waals surface area contributed by atoms with Gasteiger partial charge in [0.15, 0.2) is 15.7 Å². The average molecular weight is 488 g/mol. The van der Waals surface area contributed by atoms with E-state index < -0.39 is 15.2 Å². The summed E-state index contributed by atoms with van der Waals surface area (Å²) in [4.78, 5) is 12.5. The number of benzene rings is 1. The molecule has 3 aromatic heterocycles. The van der Waals surface area contributed by atoms with Crippen LogP contribution in [-0.4, -0.2) is 33.0 Å². The summed E-state index contributed by atoms with van der Waals surface area (Å²) in [5, 5.41) is 4.87. The molecule has 0 saturated carbocycles. The summed E-state index contributed by atoms with van der Waals surface area (Å²) >= 11 is 12.0. The van der Waals surface area contributed by atoms with Gasteiger partial charge in [-0.1, -0.05) is 35.0 Å². The van der Waals surface area contributed by atoms with Crippen LogP contribution in [0.15, 0.2) is 35.6 Å². The number of rotatable bonds is 3. The quantitative estimate of drug-likeness (QED) is 0.405. The maximum atomic E-state index is 12.8. The Labute approximate surface area is 183 Å². The summed E-state index contributed by atoms with van der Waals surface area (Å²) in [7, 11) is -4.20. The number of sulfonamides is 1. The standard InChI is InChI=1S/C16H11Cl2N6O2S.Zn/c1-8-3-14-21-16(22-24(14)9(2)20-8)27(25,26)23-13-6-11(17)4-10-5-12(18)7-19-15(10)13;/h3-7H,1-2H3;/q-1;. The van der Waals surface area contributed by atoms with Crippen molar-refractivity contribution in [3.05, 3.63) is 56.7 Å². The van der Waals surface area contributed by atoms with Crippen LogP contribution in [0.5, 0.6) is 0 Å². The van der Waals surface area contributed by atoms with Crippen molar-refractivity contribution in [3.8, 4) is 0 Å². The van der Waals surface area contributed by atoms with Crippen molar-refractivity contribution in [3.63, 3.8) is 0 Å². The molecule has 0 atom stereocenters. The second kappa shape index (κ2) is 7.52. The average Bonchev–Trinajstić information content (AvgIpc) is 2.99. The van der Waals surface area contributed by atoms with E-state index in [2.05, 4.69) is 24.8 Å². The molecule has 0 bridgehead atoms. The fraction of sp³-hybridized carbons (Fsp3) is 0.125. The van der Waals surface area contributed by atoms with Crippen LogP contribution in [-0.2, 0) is 29.5 Å². The van der Waals surface area contributed by atoms with Gasteiger partial charge in [0, 0.05) is 47.8 Å². The van der Waals surface area contributed by atoms with Gasteiger partial charge < -0.3 is 4.72 Å². The minimum Gasteiger partial charge on any atom is -0.568 e. The summed E-state index contributed by atoms with van der Waals surface area (Å²) in [5.41, 5.74) is 1.51. The third kappa shape index (κ3) is 3.82. The molecule has 0 aliphatic carbocycles. The van der Waals surface area contributed by atoms with Crippen LogP contribution < -0.4 is 0 Å². The van der Waals surface area contributed by atoms with Gasteiger partial charge in [-0.2, -0.15) is 9.50 Å². The zero-order valence-corrected chi connectivity index (χ0v) is 20.1. The van der Waals surface area contributed by atoms with E-state index in [0.29, 0.717) is 38.1 Å². The molecule has 0 unspecified atom stereocenters. The number of pyridine rings is 1. The van der Waals surface area contributed by atoms with E-state index in [9.17, 15) is 8.42 Å². The fourth-order valence-electron chi connectivity index (χ4n) is 2.68. The number of fused-ring (bicyclic) bond motifs is 2. The maximum absolute atomic E-state index is 12.8. The van der Waals surface area contributed by atoms with Gasteiger partial charge in [-0.05, 0) is 26.0 Å². The third-order valence-corrected chi connectivity index (χ3v) is 5.24. The van der Waals surface area contributed by atoms with Gasteiger partial charge in [-0.15, -0.1) is 5.10 Å². The molecule has 4 rings (SSSR count). The molecule has 0 fully saturated rings. The number of aryl methyl sites for hydroxylation is 2. The van der Waals surface area contributed by atoms with E-state index in [1.165, 1.54) is 16.8 Å². The van der Waals surface area contributed by atoms with Crippen molar-refractivity contribution in [2.24, 2.45) is 0 Å². The Hall–Kier alpha value is -1.87. The van der Waals surface area contributed by atoms with Crippen molar-refractivity contribution in [1.29, 1.82) is 0 Å². The summed E-state index contributed by atoms with van der Waals surface area (Å²) in [6.07, 6.45) is 1.41. The zero-order chi connectivity index (χ0) is 19.3. The molecule has 1 aromatic carbocycles. The first-order valence-electron chi connectivity index (χ1n) is 7.67. The smallest absolute Gasteiger partial charge is 0.252 e. The van der Waals surface area contributed by atoms with Crippen LogP contribution in [0.25, 0.3) is 21.3 Å². The van der Waals surface area contributed by atoms with Crippen LogP contribution in [0.4, 0.5) is 5.69 Å². The molecule has 0 aliphatic heterocycles. The van der Waals surface area contributed by atoms with Crippen LogP contribution >= 0.6 is 23.2 Å². The molecular formula is C16H11Cl2N6O2SZn-. The predicted molar refractivity (Wildman–Crippen MR) is 102 cm³/mol. The first-order chi connectivity index (χ1) is 12.7. The van der Waals surface area contributed by atoms with E-state index >= 15 is 0 Å². The Morgan fingerprint density at radius 3 is 2.50 bits per heavy atom. The predicted octanol–water partition coefficient (Wildman–Crippen LogP) is 3.99.